The second-order valence-corrected chi connectivity index (χ2v) is 4.45. The van der Waals surface area contributed by atoms with Gasteiger partial charge < -0.3 is 4.57 Å². The Balaban J connectivity index is 2.26. The van der Waals surface area contributed by atoms with Crippen LogP contribution >= 0.6 is 11.6 Å². The summed E-state index contributed by atoms with van der Waals surface area (Å²) < 4.78 is 1.85. The van der Waals surface area contributed by atoms with Gasteiger partial charge in [-0.1, -0.05) is 17.7 Å². The first-order valence-electron chi connectivity index (χ1n) is 5.33. The number of imidazole rings is 1. The van der Waals surface area contributed by atoms with Gasteiger partial charge >= 0.3 is 0 Å². The number of aryl methyl sites for hydroxylation is 2. The monoisotopic (exact) mass is 248 g/mol. The van der Waals surface area contributed by atoms with Crippen LogP contribution in [0.2, 0.25) is 5.02 Å². The summed E-state index contributed by atoms with van der Waals surface area (Å²) >= 11 is 5.90. The highest BCUT2D eigenvalue weighted by Crippen LogP contribution is 2.17. The highest BCUT2D eigenvalue weighted by atomic mass is 35.5. The molecule has 17 heavy (non-hydrogen) atoms. The van der Waals surface area contributed by atoms with E-state index in [1.54, 1.807) is 18.3 Å². The van der Waals surface area contributed by atoms with Gasteiger partial charge in [-0.15, -0.1) is 0 Å². The summed E-state index contributed by atoms with van der Waals surface area (Å²) in [5.41, 5.74) is 1.61. The Morgan fingerprint density at radius 3 is 2.88 bits per heavy atom. The molecule has 1 heterocycles. The van der Waals surface area contributed by atoms with E-state index in [1.165, 1.54) is 0 Å². The van der Waals surface area contributed by atoms with Gasteiger partial charge in [0.15, 0.2) is 5.78 Å². The van der Waals surface area contributed by atoms with Crippen molar-refractivity contribution in [3.63, 3.8) is 0 Å². The van der Waals surface area contributed by atoms with Crippen LogP contribution < -0.4 is 0 Å². The van der Waals surface area contributed by atoms with Gasteiger partial charge in [0.1, 0.15) is 5.82 Å². The van der Waals surface area contributed by atoms with E-state index in [9.17, 15) is 4.79 Å². The van der Waals surface area contributed by atoms with Crippen LogP contribution in [-0.4, -0.2) is 15.3 Å². The number of hydrogen-bond acceptors (Lipinski definition) is 2. The SMILES string of the molecule is Cc1ccc(Cl)cc1C(=O)Cc1nccn1C. The number of Topliss-reactive ketones (excluding diaryl/α,β-unsaturated/α-hetero) is 1. The molecular formula is C13H13ClN2O. The predicted molar refractivity (Wildman–Crippen MR) is 67.4 cm³/mol. The topological polar surface area (TPSA) is 34.9 Å². The lowest BCUT2D eigenvalue weighted by Crippen LogP contribution is -2.09. The summed E-state index contributed by atoms with van der Waals surface area (Å²) in [6, 6.07) is 5.35. The van der Waals surface area contributed by atoms with E-state index in [0.29, 0.717) is 17.0 Å². The molecule has 0 bridgehead atoms. The molecule has 0 unspecified atom stereocenters. The third-order valence-electron chi connectivity index (χ3n) is 2.74. The Labute approximate surface area is 105 Å². The molecule has 0 atom stereocenters. The summed E-state index contributed by atoms with van der Waals surface area (Å²) in [5.74, 6) is 0.800. The zero-order valence-corrected chi connectivity index (χ0v) is 10.5. The second kappa shape index (κ2) is 4.72. The molecule has 0 amide bonds. The van der Waals surface area contributed by atoms with Crippen LogP contribution in [0.4, 0.5) is 0 Å². The average Bonchev–Trinajstić information content (AvgIpc) is 2.68. The normalized spacial score (nSPS) is 10.5. The van der Waals surface area contributed by atoms with Gasteiger partial charge in [0.25, 0.3) is 0 Å². The van der Waals surface area contributed by atoms with E-state index in [-0.39, 0.29) is 5.78 Å². The van der Waals surface area contributed by atoms with E-state index in [2.05, 4.69) is 4.98 Å². The molecule has 0 aliphatic heterocycles. The predicted octanol–water partition coefficient (Wildman–Crippen LogP) is 2.81. The molecule has 0 N–H and O–H groups in total. The minimum atomic E-state index is 0.0410. The van der Waals surface area contributed by atoms with Gasteiger partial charge in [0, 0.05) is 30.0 Å². The van der Waals surface area contributed by atoms with Crippen molar-refractivity contribution in [2.75, 3.05) is 0 Å². The first-order valence-corrected chi connectivity index (χ1v) is 5.71. The maximum atomic E-state index is 12.1. The summed E-state index contributed by atoms with van der Waals surface area (Å²) in [6.07, 6.45) is 3.81. The fourth-order valence-electron chi connectivity index (χ4n) is 1.70. The van der Waals surface area contributed by atoms with Crippen molar-refractivity contribution in [3.8, 4) is 0 Å². The molecule has 2 aromatic rings. The molecule has 0 aliphatic rings. The summed E-state index contributed by atoms with van der Waals surface area (Å²) in [5, 5.41) is 0.582. The maximum absolute atomic E-state index is 12.1. The summed E-state index contributed by atoms with van der Waals surface area (Å²) in [4.78, 5) is 16.3. The number of nitrogens with zero attached hydrogens (tertiary/aromatic N) is 2. The van der Waals surface area contributed by atoms with Gasteiger partial charge in [-0.05, 0) is 24.6 Å². The fourth-order valence-corrected chi connectivity index (χ4v) is 1.87. The molecular weight excluding hydrogens is 236 g/mol. The Morgan fingerprint density at radius 2 is 2.24 bits per heavy atom. The Hall–Kier alpha value is -1.61. The van der Waals surface area contributed by atoms with Gasteiger partial charge in [-0.25, -0.2) is 4.98 Å². The largest absolute Gasteiger partial charge is 0.338 e. The average molecular weight is 249 g/mol. The van der Waals surface area contributed by atoms with Crippen LogP contribution in [0.25, 0.3) is 0 Å². The minimum Gasteiger partial charge on any atom is -0.338 e. The van der Waals surface area contributed by atoms with E-state index >= 15 is 0 Å². The molecule has 0 aliphatic carbocycles. The van der Waals surface area contributed by atoms with Gasteiger partial charge in [0.2, 0.25) is 0 Å². The smallest absolute Gasteiger partial charge is 0.170 e. The third-order valence-corrected chi connectivity index (χ3v) is 2.97. The number of carbonyl (C=O) groups is 1. The number of aromatic nitrogens is 2. The molecule has 2 rings (SSSR count). The molecule has 0 saturated heterocycles. The first-order chi connectivity index (χ1) is 8.08. The van der Waals surface area contributed by atoms with Crippen molar-refractivity contribution in [1.29, 1.82) is 0 Å². The Bertz CT molecular complexity index is 560. The van der Waals surface area contributed by atoms with Crippen LogP contribution in [0, 0.1) is 6.92 Å². The minimum absolute atomic E-state index is 0.0410. The molecule has 0 spiro atoms. The first kappa shape index (κ1) is 11.9. The molecule has 0 fully saturated rings. The molecule has 1 aromatic carbocycles. The number of benzene rings is 1. The molecule has 88 valence electrons. The molecule has 3 nitrogen and oxygen atoms in total. The lowest BCUT2D eigenvalue weighted by molar-refractivity contribution is 0.0989. The van der Waals surface area contributed by atoms with Gasteiger partial charge in [-0.2, -0.15) is 0 Å². The fraction of sp³-hybridized carbons (Fsp3) is 0.231. The van der Waals surface area contributed by atoms with Crippen LogP contribution in [0.3, 0.4) is 0 Å². The second-order valence-electron chi connectivity index (χ2n) is 4.01. The van der Waals surface area contributed by atoms with Crippen molar-refractivity contribution in [2.24, 2.45) is 7.05 Å². The maximum Gasteiger partial charge on any atom is 0.170 e. The number of halogens is 1. The van der Waals surface area contributed by atoms with Crippen LogP contribution in [0.15, 0.2) is 30.6 Å². The van der Waals surface area contributed by atoms with E-state index < -0.39 is 0 Å². The lowest BCUT2D eigenvalue weighted by atomic mass is 10.0. The zero-order chi connectivity index (χ0) is 12.4. The lowest BCUT2D eigenvalue weighted by Gasteiger charge is -2.05. The molecule has 1 aromatic heterocycles. The highest BCUT2D eigenvalue weighted by molar-refractivity contribution is 6.31. The highest BCUT2D eigenvalue weighted by Gasteiger charge is 2.12. The Kier molecular flexibility index (Phi) is 3.29. The molecule has 0 radical (unpaired) electrons. The van der Waals surface area contributed by atoms with E-state index in [4.69, 9.17) is 11.6 Å². The van der Waals surface area contributed by atoms with Crippen LogP contribution in [-0.2, 0) is 13.5 Å². The number of rotatable bonds is 3. The van der Waals surface area contributed by atoms with Crippen molar-refractivity contribution in [1.82, 2.24) is 9.55 Å². The summed E-state index contributed by atoms with van der Waals surface area (Å²) in [7, 11) is 1.88. The van der Waals surface area contributed by atoms with Crippen LogP contribution in [0.1, 0.15) is 21.7 Å². The van der Waals surface area contributed by atoms with Crippen molar-refractivity contribution in [3.05, 3.63) is 52.6 Å². The zero-order valence-electron chi connectivity index (χ0n) is 9.77. The van der Waals surface area contributed by atoms with Crippen molar-refractivity contribution < 1.29 is 4.79 Å². The molecule has 4 heteroatoms. The van der Waals surface area contributed by atoms with Crippen molar-refractivity contribution in [2.45, 2.75) is 13.3 Å². The molecule has 0 saturated carbocycles. The van der Waals surface area contributed by atoms with Crippen molar-refractivity contribution >= 4 is 17.4 Å². The standard InChI is InChI=1S/C13H13ClN2O/c1-9-3-4-10(14)7-11(9)12(17)8-13-15-5-6-16(13)2/h3-7H,8H2,1-2H3. The third kappa shape index (κ3) is 2.56. The Morgan fingerprint density at radius 1 is 1.47 bits per heavy atom. The summed E-state index contributed by atoms with van der Waals surface area (Å²) in [6.45, 7) is 1.90. The van der Waals surface area contributed by atoms with E-state index in [0.717, 1.165) is 11.4 Å². The quantitative estimate of drug-likeness (QED) is 0.783. The van der Waals surface area contributed by atoms with Gasteiger partial charge in [0.05, 0.1) is 6.42 Å². The number of hydrogen-bond donors (Lipinski definition) is 0. The van der Waals surface area contributed by atoms with Gasteiger partial charge in [-0.3, -0.25) is 4.79 Å². The number of carbonyl (C=O) groups excluding carboxylic acids is 1. The van der Waals surface area contributed by atoms with Crippen LogP contribution in [0.5, 0.6) is 0 Å². The van der Waals surface area contributed by atoms with E-state index in [1.807, 2.05) is 30.8 Å². The number of ketones is 1.